The second-order valence-electron chi connectivity index (χ2n) is 5.58. The molecular formula is C13H20BrFN2. The zero-order valence-electron chi connectivity index (χ0n) is 10.6. The van der Waals surface area contributed by atoms with Gasteiger partial charge in [-0.05, 0) is 51.9 Å². The predicted octanol–water partition coefficient (Wildman–Crippen LogP) is 3.40. The average Bonchev–Trinajstić information content (AvgIpc) is 2.20. The van der Waals surface area contributed by atoms with Crippen LogP contribution < -0.4 is 11.3 Å². The third-order valence-corrected chi connectivity index (χ3v) is 3.17. The average molecular weight is 303 g/mol. The fourth-order valence-corrected chi connectivity index (χ4v) is 2.31. The van der Waals surface area contributed by atoms with Gasteiger partial charge >= 0.3 is 0 Å². The highest BCUT2D eigenvalue weighted by atomic mass is 79.9. The number of hydrogen-bond donors (Lipinski definition) is 2. The molecule has 0 spiro atoms. The van der Waals surface area contributed by atoms with Gasteiger partial charge in [-0.15, -0.1) is 0 Å². The van der Waals surface area contributed by atoms with Crippen LogP contribution in [0.5, 0.6) is 0 Å². The van der Waals surface area contributed by atoms with Crippen LogP contribution in [0.15, 0.2) is 22.7 Å². The molecule has 1 atom stereocenters. The summed E-state index contributed by atoms with van der Waals surface area (Å²) in [6.45, 7) is 6.54. The first kappa shape index (κ1) is 14.6. The molecular weight excluding hydrogens is 283 g/mol. The van der Waals surface area contributed by atoms with E-state index in [-0.39, 0.29) is 17.3 Å². The molecule has 3 N–H and O–H groups in total. The van der Waals surface area contributed by atoms with E-state index in [1.807, 2.05) is 6.07 Å². The molecule has 0 amide bonds. The van der Waals surface area contributed by atoms with E-state index in [4.69, 9.17) is 5.84 Å². The summed E-state index contributed by atoms with van der Waals surface area (Å²) in [4.78, 5) is 0. The molecule has 1 aromatic rings. The maximum atomic E-state index is 13.1. The minimum atomic E-state index is -0.234. The first-order chi connectivity index (χ1) is 7.81. The van der Waals surface area contributed by atoms with Gasteiger partial charge in [-0.1, -0.05) is 26.8 Å². The van der Waals surface area contributed by atoms with Gasteiger partial charge in [-0.3, -0.25) is 11.3 Å². The highest BCUT2D eigenvalue weighted by molar-refractivity contribution is 9.10. The van der Waals surface area contributed by atoms with Gasteiger partial charge < -0.3 is 0 Å². The summed E-state index contributed by atoms with van der Waals surface area (Å²) < 4.78 is 13.6. The number of nitrogens with two attached hydrogens (primary N) is 1. The molecule has 0 aliphatic carbocycles. The molecule has 1 aromatic carbocycles. The number of hydrazine groups is 1. The molecule has 0 saturated carbocycles. The highest BCUT2D eigenvalue weighted by Crippen LogP contribution is 2.23. The van der Waals surface area contributed by atoms with E-state index in [9.17, 15) is 4.39 Å². The van der Waals surface area contributed by atoms with Gasteiger partial charge in [0.25, 0.3) is 0 Å². The molecule has 0 bridgehead atoms. The summed E-state index contributed by atoms with van der Waals surface area (Å²) in [5.41, 5.74) is 4.12. The molecule has 17 heavy (non-hydrogen) atoms. The van der Waals surface area contributed by atoms with Crippen molar-refractivity contribution in [1.82, 2.24) is 5.43 Å². The summed E-state index contributed by atoms with van der Waals surface area (Å²) in [5, 5.41) is 0. The van der Waals surface area contributed by atoms with Gasteiger partial charge in [0, 0.05) is 6.04 Å². The number of hydrogen-bond acceptors (Lipinski definition) is 2. The van der Waals surface area contributed by atoms with E-state index in [1.165, 1.54) is 6.07 Å². The van der Waals surface area contributed by atoms with Gasteiger partial charge in [0.1, 0.15) is 5.82 Å². The van der Waals surface area contributed by atoms with Crippen molar-refractivity contribution in [3.8, 4) is 0 Å². The second-order valence-corrected chi connectivity index (χ2v) is 6.44. The van der Waals surface area contributed by atoms with Crippen LogP contribution in [-0.2, 0) is 6.42 Å². The van der Waals surface area contributed by atoms with E-state index < -0.39 is 0 Å². The normalized spacial score (nSPS) is 13.8. The smallest absolute Gasteiger partial charge is 0.137 e. The largest absolute Gasteiger partial charge is 0.271 e. The van der Waals surface area contributed by atoms with E-state index in [0.717, 1.165) is 18.4 Å². The number of halogens is 2. The van der Waals surface area contributed by atoms with Crippen LogP contribution in [-0.4, -0.2) is 6.04 Å². The lowest BCUT2D eigenvalue weighted by Crippen LogP contribution is -2.39. The van der Waals surface area contributed by atoms with Gasteiger partial charge in [-0.2, -0.15) is 0 Å². The minimum Gasteiger partial charge on any atom is -0.271 e. The van der Waals surface area contributed by atoms with Crippen molar-refractivity contribution in [2.45, 2.75) is 39.7 Å². The number of benzene rings is 1. The molecule has 4 heteroatoms. The molecule has 2 nitrogen and oxygen atoms in total. The summed E-state index contributed by atoms with van der Waals surface area (Å²) >= 11 is 3.19. The Morgan fingerprint density at radius 1 is 1.41 bits per heavy atom. The summed E-state index contributed by atoms with van der Waals surface area (Å²) in [7, 11) is 0. The number of rotatable bonds is 4. The monoisotopic (exact) mass is 302 g/mol. The van der Waals surface area contributed by atoms with Crippen LogP contribution in [0.2, 0.25) is 0 Å². The van der Waals surface area contributed by atoms with Gasteiger partial charge in [-0.25, -0.2) is 4.39 Å². The zero-order chi connectivity index (χ0) is 13.1. The van der Waals surface area contributed by atoms with E-state index in [1.54, 1.807) is 6.07 Å². The first-order valence-electron chi connectivity index (χ1n) is 5.72. The maximum absolute atomic E-state index is 13.1. The van der Waals surface area contributed by atoms with Crippen LogP contribution in [0, 0.1) is 11.2 Å². The highest BCUT2D eigenvalue weighted by Gasteiger charge is 2.18. The molecule has 0 fully saturated rings. The zero-order valence-corrected chi connectivity index (χ0v) is 12.1. The summed E-state index contributed by atoms with van der Waals surface area (Å²) in [5.74, 6) is 5.33. The molecule has 0 radical (unpaired) electrons. The van der Waals surface area contributed by atoms with Crippen LogP contribution in [0.4, 0.5) is 4.39 Å². The minimum absolute atomic E-state index is 0.201. The second kappa shape index (κ2) is 5.94. The first-order valence-corrected chi connectivity index (χ1v) is 6.51. The standard InChI is InChI=1S/C13H20BrFN2/c1-13(2,3)8-10(17-16)6-9-4-5-12(15)11(14)7-9/h4-5,7,10,17H,6,8,16H2,1-3H3. The maximum Gasteiger partial charge on any atom is 0.137 e. The van der Waals surface area contributed by atoms with Crippen molar-refractivity contribution >= 4 is 15.9 Å². The topological polar surface area (TPSA) is 38.0 Å². The lowest BCUT2D eigenvalue weighted by atomic mass is 9.86. The molecule has 0 aliphatic rings. The van der Waals surface area contributed by atoms with Crippen LogP contribution in [0.3, 0.4) is 0 Å². The predicted molar refractivity (Wildman–Crippen MR) is 73.0 cm³/mol. The summed E-state index contributed by atoms with van der Waals surface area (Å²) in [6.07, 6.45) is 1.77. The van der Waals surface area contributed by atoms with Crippen LogP contribution in [0.1, 0.15) is 32.8 Å². The number of nitrogens with one attached hydrogen (secondary N) is 1. The molecule has 96 valence electrons. The third-order valence-electron chi connectivity index (χ3n) is 2.56. The molecule has 0 heterocycles. The summed E-state index contributed by atoms with van der Waals surface area (Å²) in [6, 6.07) is 5.28. The lowest BCUT2D eigenvalue weighted by Gasteiger charge is -2.25. The molecule has 0 aliphatic heterocycles. The Balaban J connectivity index is 2.70. The van der Waals surface area contributed by atoms with Crippen molar-refractivity contribution in [1.29, 1.82) is 0 Å². The Kier molecular flexibility index (Phi) is 5.10. The van der Waals surface area contributed by atoms with Gasteiger partial charge in [0.15, 0.2) is 0 Å². The quantitative estimate of drug-likeness (QED) is 0.661. The van der Waals surface area contributed by atoms with E-state index in [2.05, 4.69) is 42.1 Å². The fourth-order valence-electron chi connectivity index (χ4n) is 1.88. The molecule has 1 unspecified atom stereocenters. The van der Waals surface area contributed by atoms with E-state index >= 15 is 0 Å². The Hall–Kier alpha value is -0.450. The van der Waals surface area contributed by atoms with Gasteiger partial charge in [0.05, 0.1) is 4.47 Å². The molecule has 1 rings (SSSR count). The lowest BCUT2D eigenvalue weighted by molar-refractivity contribution is 0.308. The van der Waals surface area contributed by atoms with Crippen LogP contribution in [0.25, 0.3) is 0 Å². The Bertz CT molecular complexity index is 374. The van der Waals surface area contributed by atoms with E-state index in [0.29, 0.717) is 4.47 Å². The van der Waals surface area contributed by atoms with Crippen molar-refractivity contribution < 1.29 is 4.39 Å². The van der Waals surface area contributed by atoms with Crippen molar-refractivity contribution in [3.63, 3.8) is 0 Å². The molecule has 0 aromatic heterocycles. The Morgan fingerprint density at radius 3 is 2.53 bits per heavy atom. The SMILES string of the molecule is CC(C)(C)CC(Cc1ccc(F)c(Br)c1)NN. The van der Waals surface area contributed by atoms with Crippen LogP contribution >= 0.6 is 15.9 Å². The van der Waals surface area contributed by atoms with Crippen molar-refractivity contribution in [2.24, 2.45) is 11.3 Å². The van der Waals surface area contributed by atoms with Gasteiger partial charge in [0.2, 0.25) is 0 Å². The Labute approximate surface area is 111 Å². The third kappa shape index (κ3) is 5.15. The Morgan fingerprint density at radius 2 is 2.06 bits per heavy atom. The van der Waals surface area contributed by atoms with Crippen molar-refractivity contribution in [3.05, 3.63) is 34.1 Å². The molecule has 0 saturated heterocycles. The van der Waals surface area contributed by atoms with Crippen molar-refractivity contribution in [2.75, 3.05) is 0 Å². The fraction of sp³-hybridized carbons (Fsp3) is 0.538.